The van der Waals surface area contributed by atoms with Gasteiger partial charge in [-0.1, -0.05) is 26.2 Å². The Balaban J connectivity index is 2.32. The molecule has 0 saturated heterocycles. The van der Waals surface area contributed by atoms with Crippen LogP contribution in [0.5, 0.6) is 0 Å². The Morgan fingerprint density at radius 2 is 1.81 bits per heavy atom. The number of hydrogen-bond acceptors (Lipinski definition) is 2. The maximum atomic E-state index is 5.64. The van der Waals surface area contributed by atoms with E-state index in [0.717, 1.165) is 31.6 Å². The predicted molar refractivity (Wildman–Crippen MR) is 69.7 cm³/mol. The van der Waals surface area contributed by atoms with Gasteiger partial charge in [-0.05, 0) is 51.1 Å². The van der Waals surface area contributed by atoms with Gasteiger partial charge in [0.25, 0.3) is 0 Å². The molecule has 1 N–H and O–H groups in total. The van der Waals surface area contributed by atoms with E-state index in [1.165, 1.54) is 45.1 Å². The zero-order chi connectivity index (χ0) is 11.6. The summed E-state index contributed by atoms with van der Waals surface area (Å²) in [5.41, 5.74) is 0. The highest BCUT2D eigenvalue weighted by atomic mass is 16.5. The molecule has 0 radical (unpaired) electrons. The van der Waals surface area contributed by atoms with Gasteiger partial charge in [-0.2, -0.15) is 0 Å². The van der Waals surface area contributed by atoms with Crippen LogP contribution in [0, 0.1) is 11.8 Å². The van der Waals surface area contributed by atoms with Crippen molar-refractivity contribution in [2.24, 2.45) is 11.8 Å². The lowest BCUT2D eigenvalue weighted by atomic mass is 9.88. The van der Waals surface area contributed by atoms with E-state index in [2.05, 4.69) is 19.2 Å². The molecule has 0 bridgehead atoms. The molecule has 0 aliphatic heterocycles. The van der Waals surface area contributed by atoms with Crippen molar-refractivity contribution in [1.29, 1.82) is 0 Å². The summed E-state index contributed by atoms with van der Waals surface area (Å²) < 4.78 is 5.64. The molecule has 2 unspecified atom stereocenters. The highest BCUT2D eigenvalue weighted by Crippen LogP contribution is 2.28. The van der Waals surface area contributed by atoms with Gasteiger partial charge in [0, 0.05) is 13.2 Å². The summed E-state index contributed by atoms with van der Waals surface area (Å²) in [6.45, 7) is 8.54. The van der Waals surface area contributed by atoms with Crippen LogP contribution >= 0.6 is 0 Å². The van der Waals surface area contributed by atoms with Crippen molar-refractivity contribution in [1.82, 2.24) is 5.32 Å². The van der Waals surface area contributed by atoms with Crippen LogP contribution in [0.4, 0.5) is 0 Å². The van der Waals surface area contributed by atoms with Gasteiger partial charge in [0.1, 0.15) is 0 Å². The van der Waals surface area contributed by atoms with E-state index in [4.69, 9.17) is 4.74 Å². The van der Waals surface area contributed by atoms with Gasteiger partial charge < -0.3 is 10.1 Å². The number of nitrogens with one attached hydrogen (secondary N) is 1. The molecule has 1 saturated carbocycles. The van der Waals surface area contributed by atoms with Crippen LogP contribution in [0.3, 0.4) is 0 Å². The zero-order valence-electron chi connectivity index (χ0n) is 11.1. The Hall–Kier alpha value is -0.0800. The SMILES string of the molecule is CCCNCC1CCCCCC1COCC. The van der Waals surface area contributed by atoms with Crippen molar-refractivity contribution in [3.63, 3.8) is 0 Å². The van der Waals surface area contributed by atoms with E-state index in [1.807, 2.05) is 0 Å². The second-order valence-electron chi connectivity index (χ2n) is 5.02. The first-order valence-corrected chi connectivity index (χ1v) is 7.16. The van der Waals surface area contributed by atoms with Crippen molar-refractivity contribution >= 4 is 0 Å². The van der Waals surface area contributed by atoms with E-state index >= 15 is 0 Å². The molecular weight excluding hydrogens is 198 g/mol. The molecule has 0 spiro atoms. The van der Waals surface area contributed by atoms with Crippen molar-refractivity contribution < 1.29 is 4.74 Å². The summed E-state index contributed by atoms with van der Waals surface area (Å²) in [5.74, 6) is 1.65. The maximum absolute atomic E-state index is 5.64. The Bertz CT molecular complexity index is 161. The maximum Gasteiger partial charge on any atom is 0.0497 e. The van der Waals surface area contributed by atoms with Gasteiger partial charge in [-0.3, -0.25) is 0 Å². The Labute approximate surface area is 101 Å². The fourth-order valence-corrected chi connectivity index (χ4v) is 2.68. The van der Waals surface area contributed by atoms with Crippen LogP contribution in [0.1, 0.15) is 52.4 Å². The molecule has 0 aromatic rings. The molecule has 0 amide bonds. The molecule has 0 aromatic heterocycles. The third-order valence-electron chi connectivity index (χ3n) is 3.69. The van der Waals surface area contributed by atoms with Gasteiger partial charge in [0.05, 0.1) is 0 Å². The standard InChI is InChI=1S/C14H29NO/c1-3-10-15-11-13-8-6-5-7-9-14(13)12-16-4-2/h13-15H,3-12H2,1-2H3. The fraction of sp³-hybridized carbons (Fsp3) is 1.00. The number of hydrogen-bond donors (Lipinski definition) is 1. The van der Waals surface area contributed by atoms with Crippen molar-refractivity contribution in [3.8, 4) is 0 Å². The Morgan fingerprint density at radius 1 is 1.06 bits per heavy atom. The Kier molecular flexibility index (Phi) is 7.87. The highest BCUT2D eigenvalue weighted by Gasteiger charge is 2.23. The van der Waals surface area contributed by atoms with Crippen LogP contribution in [0.15, 0.2) is 0 Å². The van der Waals surface area contributed by atoms with Crippen LogP contribution < -0.4 is 5.32 Å². The lowest BCUT2D eigenvalue weighted by Gasteiger charge is -2.25. The highest BCUT2D eigenvalue weighted by molar-refractivity contribution is 4.75. The lowest BCUT2D eigenvalue weighted by Crippen LogP contribution is -2.30. The van der Waals surface area contributed by atoms with Gasteiger partial charge in [-0.15, -0.1) is 0 Å². The molecule has 1 aliphatic rings. The molecule has 1 rings (SSSR count). The molecule has 1 fully saturated rings. The Morgan fingerprint density at radius 3 is 2.50 bits per heavy atom. The van der Waals surface area contributed by atoms with Gasteiger partial charge >= 0.3 is 0 Å². The second-order valence-corrected chi connectivity index (χ2v) is 5.02. The largest absolute Gasteiger partial charge is 0.381 e. The minimum absolute atomic E-state index is 0.798. The number of ether oxygens (including phenoxy) is 1. The molecule has 0 heterocycles. The van der Waals surface area contributed by atoms with E-state index in [1.54, 1.807) is 0 Å². The average Bonchev–Trinajstić information content (AvgIpc) is 2.52. The molecule has 0 aromatic carbocycles. The molecule has 2 atom stereocenters. The van der Waals surface area contributed by atoms with E-state index in [0.29, 0.717) is 0 Å². The van der Waals surface area contributed by atoms with E-state index in [9.17, 15) is 0 Å². The number of rotatable bonds is 7. The average molecular weight is 227 g/mol. The van der Waals surface area contributed by atoms with E-state index < -0.39 is 0 Å². The molecular formula is C14H29NO. The summed E-state index contributed by atoms with van der Waals surface area (Å²) in [7, 11) is 0. The summed E-state index contributed by atoms with van der Waals surface area (Å²) >= 11 is 0. The minimum Gasteiger partial charge on any atom is -0.381 e. The second kappa shape index (κ2) is 9.00. The first-order valence-electron chi connectivity index (χ1n) is 7.16. The predicted octanol–water partition coefficient (Wildman–Crippen LogP) is 3.22. The lowest BCUT2D eigenvalue weighted by molar-refractivity contribution is 0.0817. The van der Waals surface area contributed by atoms with Gasteiger partial charge in [0.15, 0.2) is 0 Å². The summed E-state index contributed by atoms with van der Waals surface area (Å²) in [6, 6.07) is 0. The van der Waals surface area contributed by atoms with Crippen molar-refractivity contribution in [2.75, 3.05) is 26.3 Å². The third kappa shape index (κ3) is 5.31. The van der Waals surface area contributed by atoms with Gasteiger partial charge in [-0.25, -0.2) is 0 Å². The van der Waals surface area contributed by atoms with Crippen molar-refractivity contribution in [2.45, 2.75) is 52.4 Å². The monoisotopic (exact) mass is 227 g/mol. The van der Waals surface area contributed by atoms with Crippen LogP contribution in [-0.2, 0) is 4.74 Å². The minimum atomic E-state index is 0.798. The van der Waals surface area contributed by atoms with E-state index in [-0.39, 0.29) is 0 Å². The molecule has 1 aliphatic carbocycles. The molecule has 2 nitrogen and oxygen atoms in total. The summed E-state index contributed by atoms with van der Waals surface area (Å²) in [6.07, 6.45) is 8.26. The molecule has 16 heavy (non-hydrogen) atoms. The van der Waals surface area contributed by atoms with Crippen LogP contribution in [-0.4, -0.2) is 26.3 Å². The first-order chi connectivity index (χ1) is 7.88. The fourth-order valence-electron chi connectivity index (χ4n) is 2.68. The van der Waals surface area contributed by atoms with Crippen LogP contribution in [0.25, 0.3) is 0 Å². The topological polar surface area (TPSA) is 21.3 Å². The normalized spacial score (nSPS) is 26.6. The van der Waals surface area contributed by atoms with Crippen LogP contribution in [0.2, 0.25) is 0 Å². The van der Waals surface area contributed by atoms with Crippen molar-refractivity contribution in [3.05, 3.63) is 0 Å². The third-order valence-corrected chi connectivity index (χ3v) is 3.69. The van der Waals surface area contributed by atoms with Gasteiger partial charge in [0.2, 0.25) is 0 Å². The molecule has 96 valence electrons. The zero-order valence-corrected chi connectivity index (χ0v) is 11.1. The quantitative estimate of drug-likeness (QED) is 0.532. The summed E-state index contributed by atoms with van der Waals surface area (Å²) in [4.78, 5) is 0. The molecule has 2 heteroatoms. The first kappa shape index (κ1) is 14.0. The smallest absolute Gasteiger partial charge is 0.0497 e. The summed E-state index contributed by atoms with van der Waals surface area (Å²) in [5, 5.41) is 3.58.